The summed E-state index contributed by atoms with van der Waals surface area (Å²) in [6, 6.07) is 3.64. The summed E-state index contributed by atoms with van der Waals surface area (Å²) in [5.41, 5.74) is 6.24. The Labute approximate surface area is 112 Å². The smallest absolute Gasteiger partial charge is 0.239 e. The fourth-order valence-corrected chi connectivity index (χ4v) is 1.64. The molecule has 0 aromatic carbocycles. The summed E-state index contributed by atoms with van der Waals surface area (Å²) >= 11 is 4.87. The molecule has 0 unspecified atom stereocenters. The number of hydrogen-bond donors (Lipinski definition) is 2. The molecule has 0 aliphatic carbocycles. The average molecular weight is 266 g/mol. The first-order chi connectivity index (χ1) is 8.58. The van der Waals surface area contributed by atoms with Crippen LogP contribution in [0, 0.1) is 0 Å². The van der Waals surface area contributed by atoms with Crippen LogP contribution < -0.4 is 16.0 Å². The van der Waals surface area contributed by atoms with Crippen molar-refractivity contribution < 1.29 is 4.79 Å². The first kappa shape index (κ1) is 14.4. The van der Waals surface area contributed by atoms with E-state index in [1.165, 1.54) is 0 Å². The van der Waals surface area contributed by atoms with E-state index in [0.29, 0.717) is 11.5 Å². The Balaban J connectivity index is 2.84. The monoisotopic (exact) mass is 266 g/mol. The minimum absolute atomic E-state index is 0.0383. The van der Waals surface area contributed by atoms with Gasteiger partial charge >= 0.3 is 0 Å². The van der Waals surface area contributed by atoms with Crippen molar-refractivity contribution in [1.29, 1.82) is 0 Å². The second-order valence-corrected chi connectivity index (χ2v) is 4.30. The number of nitrogens with two attached hydrogens (primary N) is 1. The molecule has 1 aromatic heterocycles. The second kappa shape index (κ2) is 6.90. The highest BCUT2D eigenvalue weighted by atomic mass is 32.1. The Hall–Kier alpha value is -1.69. The van der Waals surface area contributed by atoms with Gasteiger partial charge in [-0.2, -0.15) is 0 Å². The molecule has 1 amide bonds. The van der Waals surface area contributed by atoms with Crippen LogP contribution in [0.25, 0.3) is 0 Å². The molecule has 0 fully saturated rings. The Bertz CT molecular complexity index is 419. The SMILES string of the molecule is CCCN(CC(=O)NC)c1ccc(C(N)=S)cn1. The van der Waals surface area contributed by atoms with Gasteiger partial charge in [-0.25, -0.2) is 4.98 Å². The van der Waals surface area contributed by atoms with Crippen LogP contribution >= 0.6 is 12.2 Å². The van der Waals surface area contributed by atoms with Gasteiger partial charge in [-0.15, -0.1) is 0 Å². The van der Waals surface area contributed by atoms with Gasteiger partial charge in [0.25, 0.3) is 0 Å². The van der Waals surface area contributed by atoms with Gasteiger partial charge in [0.05, 0.1) is 6.54 Å². The minimum Gasteiger partial charge on any atom is -0.389 e. The summed E-state index contributed by atoms with van der Waals surface area (Å²) in [6.07, 6.45) is 2.57. The molecule has 1 rings (SSSR count). The lowest BCUT2D eigenvalue weighted by Crippen LogP contribution is -2.36. The molecular weight excluding hydrogens is 248 g/mol. The van der Waals surface area contributed by atoms with Crippen molar-refractivity contribution in [2.45, 2.75) is 13.3 Å². The number of carbonyl (C=O) groups is 1. The second-order valence-electron chi connectivity index (χ2n) is 3.86. The molecule has 0 atom stereocenters. The molecule has 0 aliphatic heterocycles. The van der Waals surface area contributed by atoms with Gasteiger partial charge in [0.1, 0.15) is 10.8 Å². The molecule has 0 saturated carbocycles. The van der Waals surface area contributed by atoms with Gasteiger partial charge in [0.2, 0.25) is 5.91 Å². The molecule has 18 heavy (non-hydrogen) atoms. The molecule has 98 valence electrons. The summed E-state index contributed by atoms with van der Waals surface area (Å²) in [7, 11) is 1.62. The zero-order valence-corrected chi connectivity index (χ0v) is 11.5. The van der Waals surface area contributed by atoms with Crippen LogP contribution in [0.1, 0.15) is 18.9 Å². The van der Waals surface area contributed by atoms with E-state index < -0.39 is 0 Å². The number of thiocarbonyl (C=S) groups is 1. The maximum Gasteiger partial charge on any atom is 0.239 e. The Morgan fingerprint density at radius 1 is 1.56 bits per heavy atom. The number of pyridine rings is 1. The molecule has 3 N–H and O–H groups in total. The number of amides is 1. The van der Waals surface area contributed by atoms with E-state index in [4.69, 9.17) is 18.0 Å². The van der Waals surface area contributed by atoms with Gasteiger partial charge in [-0.3, -0.25) is 4.79 Å². The number of likely N-dealkylation sites (N-methyl/N-ethyl adjacent to an activating group) is 1. The number of carbonyl (C=O) groups excluding carboxylic acids is 1. The Morgan fingerprint density at radius 3 is 2.72 bits per heavy atom. The highest BCUT2D eigenvalue weighted by Crippen LogP contribution is 2.11. The Kier molecular flexibility index (Phi) is 5.51. The first-order valence-electron chi connectivity index (χ1n) is 5.79. The maximum atomic E-state index is 11.4. The van der Waals surface area contributed by atoms with Crippen molar-refractivity contribution in [3.05, 3.63) is 23.9 Å². The molecule has 5 nitrogen and oxygen atoms in total. The lowest BCUT2D eigenvalue weighted by molar-refractivity contribution is -0.119. The van der Waals surface area contributed by atoms with E-state index in [-0.39, 0.29) is 5.91 Å². The van der Waals surface area contributed by atoms with Gasteiger partial charge in [0, 0.05) is 25.4 Å². The van der Waals surface area contributed by atoms with Crippen LogP contribution in [0.15, 0.2) is 18.3 Å². The maximum absolute atomic E-state index is 11.4. The fourth-order valence-electron chi connectivity index (χ4n) is 1.52. The molecule has 0 bridgehead atoms. The third kappa shape index (κ3) is 3.96. The van der Waals surface area contributed by atoms with Gasteiger partial charge in [0.15, 0.2) is 0 Å². The molecule has 0 saturated heterocycles. The molecule has 0 aliphatic rings. The summed E-state index contributed by atoms with van der Waals surface area (Å²) in [4.78, 5) is 17.9. The third-order valence-electron chi connectivity index (χ3n) is 2.46. The lowest BCUT2D eigenvalue weighted by atomic mass is 10.2. The fraction of sp³-hybridized carbons (Fsp3) is 0.417. The highest BCUT2D eigenvalue weighted by Gasteiger charge is 2.11. The van der Waals surface area contributed by atoms with Crippen molar-refractivity contribution in [2.75, 3.05) is 25.0 Å². The van der Waals surface area contributed by atoms with Crippen molar-refractivity contribution in [3.63, 3.8) is 0 Å². The van der Waals surface area contributed by atoms with Crippen molar-refractivity contribution in [1.82, 2.24) is 10.3 Å². The van der Waals surface area contributed by atoms with E-state index in [0.717, 1.165) is 24.3 Å². The molecule has 1 aromatic rings. The van der Waals surface area contributed by atoms with Crippen molar-refractivity contribution in [2.24, 2.45) is 5.73 Å². The number of aromatic nitrogens is 1. The third-order valence-corrected chi connectivity index (χ3v) is 2.70. The normalized spacial score (nSPS) is 9.89. The molecule has 0 spiro atoms. The highest BCUT2D eigenvalue weighted by molar-refractivity contribution is 7.80. The number of nitrogens with zero attached hydrogens (tertiary/aromatic N) is 2. The average Bonchev–Trinajstić information content (AvgIpc) is 2.38. The van der Waals surface area contributed by atoms with Gasteiger partial charge in [-0.05, 0) is 18.6 Å². The van der Waals surface area contributed by atoms with Gasteiger partial charge in [-0.1, -0.05) is 19.1 Å². The van der Waals surface area contributed by atoms with E-state index in [1.54, 1.807) is 13.2 Å². The van der Waals surface area contributed by atoms with Crippen LogP contribution in [0.2, 0.25) is 0 Å². The van der Waals surface area contributed by atoms with Crippen LogP contribution in [0.4, 0.5) is 5.82 Å². The van der Waals surface area contributed by atoms with Crippen molar-refractivity contribution in [3.8, 4) is 0 Å². The van der Waals surface area contributed by atoms with Crippen LogP contribution in [0.3, 0.4) is 0 Å². The lowest BCUT2D eigenvalue weighted by Gasteiger charge is -2.22. The largest absolute Gasteiger partial charge is 0.389 e. The Morgan fingerprint density at radius 2 is 2.28 bits per heavy atom. The standard InChI is InChI=1S/C12H18N4OS/c1-3-6-16(8-11(17)14-2)10-5-4-9(7-15-10)12(13)18/h4-5,7H,3,6,8H2,1-2H3,(H2,13,18)(H,14,17). The minimum atomic E-state index is -0.0383. The summed E-state index contributed by atoms with van der Waals surface area (Å²) in [6.45, 7) is 3.12. The molecule has 0 radical (unpaired) electrons. The number of hydrogen-bond acceptors (Lipinski definition) is 4. The van der Waals surface area contributed by atoms with Crippen LogP contribution in [-0.2, 0) is 4.79 Å². The van der Waals surface area contributed by atoms with E-state index >= 15 is 0 Å². The van der Waals surface area contributed by atoms with E-state index in [9.17, 15) is 4.79 Å². The first-order valence-corrected chi connectivity index (χ1v) is 6.20. The van der Waals surface area contributed by atoms with Crippen LogP contribution in [0.5, 0.6) is 0 Å². The van der Waals surface area contributed by atoms with E-state index in [1.807, 2.05) is 17.0 Å². The molecular formula is C12H18N4OS. The summed E-state index contributed by atoms with van der Waals surface area (Å²) in [5.74, 6) is 0.712. The number of anilines is 1. The predicted octanol–water partition coefficient (Wildman–Crippen LogP) is 0.678. The molecule has 1 heterocycles. The zero-order valence-electron chi connectivity index (χ0n) is 10.6. The zero-order chi connectivity index (χ0) is 13.5. The number of nitrogens with one attached hydrogen (secondary N) is 1. The number of rotatable bonds is 6. The predicted molar refractivity (Wildman–Crippen MR) is 76.7 cm³/mol. The van der Waals surface area contributed by atoms with Crippen molar-refractivity contribution >= 4 is 28.9 Å². The quantitative estimate of drug-likeness (QED) is 0.741. The molecule has 6 heteroatoms. The summed E-state index contributed by atoms with van der Waals surface area (Å²) in [5, 5.41) is 2.60. The van der Waals surface area contributed by atoms with Crippen LogP contribution in [-0.4, -0.2) is 36.0 Å². The topological polar surface area (TPSA) is 71.2 Å². The van der Waals surface area contributed by atoms with Gasteiger partial charge < -0.3 is 16.0 Å². The van der Waals surface area contributed by atoms with E-state index in [2.05, 4.69) is 17.2 Å². The summed E-state index contributed by atoms with van der Waals surface area (Å²) < 4.78 is 0.